The summed E-state index contributed by atoms with van der Waals surface area (Å²) in [7, 11) is 0. The smallest absolute Gasteiger partial charge is 0.243 e. The summed E-state index contributed by atoms with van der Waals surface area (Å²) in [6.07, 6.45) is 1.66. The van der Waals surface area contributed by atoms with Crippen LogP contribution in [0.3, 0.4) is 0 Å². The van der Waals surface area contributed by atoms with Gasteiger partial charge >= 0.3 is 0 Å². The third kappa shape index (κ3) is 4.75. The Morgan fingerprint density at radius 2 is 2.05 bits per heavy atom. The van der Waals surface area contributed by atoms with Crippen LogP contribution in [0, 0.1) is 0 Å². The zero-order valence-corrected chi connectivity index (χ0v) is 20.2. The summed E-state index contributed by atoms with van der Waals surface area (Å²) < 4.78 is 46.9. The Hall–Kier alpha value is -3.25. The molecule has 1 unspecified atom stereocenters. The highest BCUT2D eigenvalue weighted by atomic mass is 19.3. The first kappa shape index (κ1) is 24.1. The van der Waals surface area contributed by atoms with E-state index >= 15 is 0 Å². The first-order chi connectivity index (χ1) is 18.0. The van der Waals surface area contributed by atoms with Crippen LogP contribution in [-0.2, 0) is 4.74 Å². The molecule has 3 aromatic rings. The summed E-state index contributed by atoms with van der Waals surface area (Å²) in [5.41, 5.74) is 9.91. The van der Waals surface area contributed by atoms with E-state index in [0.29, 0.717) is 56.3 Å². The second-order valence-electron chi connectivity index (χ2n) is 9.89. The molecule has 0 amide bonds. The number of pyridine rings is 1. The number of aliphatic imine (C=N–C) groups is 1. The van der Waals surface area contributed by atoms with E-state index in [-0.39, 0.29) is 24.1 Å². The molecule has 37 heavy (non-hydrogen) atoms. The molecule has 0 radical (unpaired) electrons. The fourth-order valence-corrected chi connectivity index (χ4v) is 5.29. The fraction of sp³-hybridized carbons (Fsp3) is 0.520. The van der Waals surface area contributed by atoms with Crippen molar-refractivity contribution >= 4 is 29.2 Å². The van der Waals surface area contributed by atoms with Crippen LogP contribution in [0.5, 0.6) is 0 Å². The van der Waals surface area contributed by atoms with Gasteiger partial charge in [0, 0.05) is 43.4 Å². The van der Waals surface area contributed by atoms with Gasteiger partial charge < -0.3 is 15.8 Å². The quantitative estimate of drug-likeness (QED) is 0.471. The van der Waals surface area contributed by atoms with E-state index in [1.54, 1.807) is 16.9 Å². The first-order valence-electron chi connectivity index (χ1n) is 12.7. The first-order valence-corrected chi connectivity index (χ1v) is 12.7. The summed E-state index contributed by atoms with van der Waals surface area (Å²) in [5.74, 6) is 0.433. The van der Waals surface area contributed by atoms with Crippen molar-refractivity contribution in [3.05, 3.63) is 30.1 Å². The van der Waals surface area contributed by atoms with Crippen LogP contribution in [0.2, 0.25) is 0 Å². The molecule has 0 aromatic carbocycles. The highest BCUT2D eigenvalue weighted by molar-refractivity contribution is 5.88. The van der Waals surface area contributed by atoms with Gasteiger partial charge in [-0.25, -0.2) is 22.7 Å². The van der Waals surface area contributed by atoms with Crippen molar-refractivity contribution in [2.45, 2.75) is 56.3 Å². The van der Waals surface area contributed by atoms with E-state index in [1.807, 2.05) is 18.2 Å². The monoisotopic (exact) mass is 514 g/mol. The van der Waals surface area contributed by atoms with Gasteiger partial charge in [-0.3, -0.25) is 9.89 Å². The lowest BCUT2D eigenvalue weighted by Crippen LogP contribution is -2.57. The van der Waals surface area contributed by atoms with Gasteiger partial charge in [-0.1, -0.05) is 0 Å². The summed E-state index contributed by atoms with van der Waals surface area (Å²) in [4.78, 5) is 15.8. The van der Waals surface area contributed by atoms with Crippen molar-refractivity contribution in [1.82, 2.24) is 24.5 Å². The summed E-state index contributed by atoms with van der Waals surface area (Å²) in [6, 6.07) is 5.50. The fourth-order valence-electron chi connectivity index (χ4n) is 5.29. The minimum absolute atomic E-state index is 0.0936. The minimum atomic E-state index is -2.31. The number of nitrogens with one attached hydrogen (secondary N) is 1. The van der Waals surface area contributed by atoms with Crippen LogP contribution in [0.1, 0.15) is 37.3 Å². The van der Waals surface area contributed by atoms with E-state index < -0.39 is 18.6 Å². The number of anilines is 2. The molecule has 3 aliphatic heterocycles. The lowest BCUT2D eigenvalue weighted by atomic mass is 9.99. The second kappa shape index (κ2) is 9.90. The zero-order chi connectivity index (χ0) is 25.5. The Morgan fingerprint density at radius 3 is 2.81 bits per heavy atom. The number of rotatable bonds is 8. The van der Waals surface area contributed by atoms with Crippen molar-refractivity contribution in [3.8, 4) is 11.3 Å². The highest BCUT2D eigenvalue weighted by Gasteiger charge is 2.35. The molecule has 0 saturated carbocycles. The topological polar surface area (TPSA) is 106 Å². The van der Waals surface area contributed by atoms with Gasteiger partial charge in [-0.2, -0.15) is 4.98 Å². The zero-order valence-electron chi connectivity index (χ0n) is 20.2. The number of nitrogens with two attached hydrogens (primary N) is 1. The number of nitrogen functional groups attached to an aromatic ring is 1. The Balaban J connectivity index is 1.19. The molecule has 3 N–H and O–H groups in total. The van der Waals surface area contributed by atoms with Crippen LogP contribution < -0.4 is 11.1 Å². The predicted molar refractivity (Wildman–Crippen MR) is 134 cm³/mol. The van der Waals surface area contributed by atoms with Gasteiger partial charge in [0.2, 0.25) is 12.4 Å². The van der Waals surface area contributed by atoms with Gasteiger partial charge in [-0.05, 0) is 37.5 Å². The van der Waals surface area contributed by atoms with Crippen LogP contribution in [-0.4, -0.2) is 81.7 Å². The predicted octanol–water partition coefficient (Wildman–Crippen LogP) is 3.83. The average Bonchev–Trinajstić information content (AvgIpc) is 3.44. The van der Waals surface area contributed by atoms with E-state index in [2.05, 4.69) is 25.3 Å². The van der Waals surface area contributed by atoms with Crippen LogP contribution in [0.15, 0.2) is 29.4 Å². The van der Waals surface area contributed by atoms with Gasteiger partial charge in [0.15, 0.2) is 5.82 Å². The van der Waals surface area contributed by atoms with Crippen molar-refractivity contribution in [3.63, 3.8) is 0 Å². The van der Waals surface area contributed by atoms with E-state index in [9.17, 15) is 13.2 Å². The van der Waals surface area contributed by atoms with E-state index in [1.165, 1.54) is 0 Å². The Labute approximate surface area is 211 Å². The van der Waals surface area contributed by atoms with Crippen molar-refractivity contribution in [2.75, 3.05) is 37.4 Å². The summed E-state index contributed by atoms with van der Waals surface area (Å²) in [6.45, 7) is 2.48. The van der Waals surface area contributed by atoms with Crippen LogP contribution in [0.4, 0.5) is 30.6 Å². The average molecular weight is 515 g/mol. The third-order valence-corrected chi connectivity index (χ3v) is 7.42. The molecule has 6 heterocycles. The lowest BCUT2D eigenvalue weighted by molar-refractivity contribution is -0.0794. The van der Waals surface area contributed by atoms with Gasteiger partial charge in [0.25, 0.3) is 0 Å². The summed E-state index contributed by atoms with van der Waals surface area (Å²) >= 11 is 0. The number of nitrogens with zero attached hydrogens (tertiary/aromatic N) is 6. The number of likely N-dealkylation sites (tertiary alicyclic amines) is 1. The number of aromatic nitrogens is 4. The number of piperidine rings is 1. The Morgan fingerprint density at radius 1 is 1.19 bits per heavy atom. The van der Waals surface area contributed by atoms with Crippen molar-refractivity contribution < 1.29 is 17.9 Å². The maximum absolute atomic E-state index is 14.9. The summed E-state index contributed by atoms with van der Waals surface area (Å²) in [5, 5.41) is 7.66. The number of fused-ring (bicyclic) bond motifs is 2. The molecular weight excluding hydrogens is 485 g/mol. The molecule has 196 valence electrons. The largest absolute Gasteiger partial charge is 0.382 e. The van der Waals surface area contributed by atoms with Crippen molar-refractivity contribution in [2.24, 2.45) is 4.99 Å². The molecule has 6 rings (SSSR count). The third-order valence-electron chi connectivity index (χ3n) is 7.42. The van der Waals surface area contributed by atoms with Crippen molar-refractivity contribution in [1.29, 1.82) is 0 Å². The van der Waals surface area contributed by atoms with Gasteiger partial charge in [-0.15, -0.1) is 5.10 Å². The van der Waals surface area contributed by atoms with E-state index in [4.69, 9.17) is 15.5 Å². The van der Waals surface area contributed by atoms with Crippen LogP contribution >= 0.6 is 0 Å². The molecule has 3 aromatic heterocycles. The normalized spacial score (nSPS) is 24.1. The molecule has 0 bridgehead atoms. The molecule has 3 atom stereocenters. The van der Waals surface area contributed by atoms with Crippen LogP contribution in [0.25, 0.3) is 16.8 Å². The Kier molecular flexibility index (Phi) is 6.45. The minimum Gasteiger partial charge on any atom is -0.382 e. The number of hydrogen-bond acceptors (Lipinski definition) is 8. The second-order valence-corrected chi connectivity index (χ2v) is 9.89. The lowest BCUT2D eigenvalue weighted by Gasteiger charge is -2.42. The molecule has 2 fully saturated rings. The number of ether oxygens (including phenoxy) is 1. The number of alkyl halides is 3. The highest BCUT2D eigenvalue weighted by Crippen LogP contribution is 2.37. The molecule has 9 nitrogen and oxygen atoms in total. The van der Waals surface area contributed by atoms with Gasteiger partial charge in [0.1, 0.15) is 11.7 Å². The maximum Gasteiger partial charge on any atom is 0.243 e. The number of halogens is 3. The maximum atomic E-state index is 14.9. The van der Waals surface area contributed by atoms with Gasteiger partial charge in [0.05, 0.1) is 42.4 Å². The SMILES string of the molecule is Nc1nc(N[C@H]2CCN(C3COC3)C[C@H]2F)nn2ccc(-c3ccc4c(n3)C(CCCC(F)F)C=N4)c12. The Bertz CT molecular complexity index is 1310. The molecule has 3 aliphatic rings. The number of hydrogen-bond donors (Lipinski definition) is 2. The van der Waals surface area contributed by atoms with E-state index in [0.717, 1.165) is 23.5 Å². The molecular formula is C25H29F3N8O. The molecule has 2 saturated heterocycles. The molecule has 0 aliphatic carbocycles. The molecule has 0 spiro atoms. The standard InChI is InChI=1S/C25H29F3N8O/c26-17-11-35(15-12-37-13-15)8-7-19(17)32-25-33-24(29)23-16(6-9-36(23)34-25)18-4-5-20-22(31-18)14(10-30-20)2-1-3-21(27)28/h4-6,9-10,14-15,17,19,21H,1-3,7-8,11-13H2,(H3,29,32,33,34)/t14?,17-,19+/m1/s1. The molecule has 12 heteroatoms.